The second-order valence-electron chi connectivity index (χ2n) is 21.0. The fraction of sp³-hybridized carbons (Fsp3) is 0.732. The van der Waals surface area contributed by atoms with Crippen molar-refractivity contribution in [1.82, 2.24) is 0 Å². The first-order valence-corrected chi connectivity index (χ1v) is 28.6. The number of rotatable bonds is 27. The number of aliphatic hydroxyl groups excluding tert-OH is 1. The number of ether oxygens (including phenoxy) is 22. The van der Waals surface area contributed by atoms with Gasteiger partial charge in [0, 0.05) is 104 Å². The number of carbonyl (C=O) groups is 15. The summed E-state index contributed by atoms with van der Waals surface area (Å²) in [6.45, 7) is 9.63. The van der Waals surface area contributed by atoms with Crippen LogP contribution in [0.2, 0.25) is 0 Å². The lowest BCUT2D eigenvalue weighted by molar-refractivity contribution is -0.397. The highest BCUT2D eigenvalue weighted by molar-refractivity contribution is 5.72. The molecule has 4 heterocycles. The monoisotopic (exact) mass is 1360 g/mol. The summed E-state index contributed by atoms with van der Waals surface area (Å²) in [4.78, 5) is 193. The molecule has 4 rings (SSSR count). The smallest absolute Gasteiger partial charge is 0.303 e. The molecule has 38 heteroatoms. The molecule has 0 unspecified atom stereocenters. The molecule has 0 radical (unpaired) electrons. The number of esters is 15. The Morgan fingerprint density at radius 1 is 0.277 bits per heavy atom. The highest BCUT2D eigenvalue weighted by atomic mass is 16.8. The predicted molar refractivity (Wildman–Crippen MR) is 289 cm³/mol. The van der Waals surface area contributed by atoms with Crippen LogP contribution < -0.4 is 0 Å². The summed E-state index contributed by atoms with van der Waals surface area (Å²) in [5.41, 5.74) is 0. The van der Waals surface area contributed by atoms with Crippen molar-refractivity contribution in [1.29, 1.82) is 0 Å². The average molecular weight is 1360 g/mol. The van der Waals surface area contributed by atoms with Gasteiger partial charge in [-0.2, -0.15) is 0 Å². The largest absolute Gasteiger partial charge is 0.463 e. The normalized spacial score (nSPS) is 31.0. The summed E-state index contributed by atoms with van der Waals surface area (Å²) in [6, 6.07) is 0. The molecule has 4 fully saturated rings. The third kappa shape index (κ3) is 23.6. The molecule has 1 N–H and O–H groups in total. The summed E-state index contributed by atoms with van der Waals surface area (Å²) < 4.78 is 127. The minimum Gasteiger partial charge on any atom is -0.463 e. The van der Waals surface area contributed by atoms with Crippen molar-refractivity contribution in [2.45, 2.75) is 239 Å². The average Bonchev–Trinajstić information content (AvgIpc) is 0.762. The molecule has 4 aliphatic rings. The van der Waals surface area contributed by atoms with Gasteiger partial charge in [0.15, 0.2) is 92.3 Å². The molecule has 0 amide bonds. The molecule has 0 aromatic carbocycles. The molecule has 0 saturated carbocycles. The van der Waals surface area contributed by atoms with E-state index in [1.54, 1.807) is 0 Å². The van der Waals surface area contributed by atoms with Crippen molar-refractivity contribution in [3.63, 3.8) is 0 Å². The van der Waals surface area contributed by atoms with E-state index in [1.807, 2.05) is 0 Å². The molecule has 0 aromatic rings. The summed E-state index contributed by atoms with van der Waals surface area (Å²) >= 11 is 0. The maximum atomic E-state index is 13.5. The van der Waals surface area contributed by atoms with Gasteiger partial charge in [0.2, 0.25) is 0 Å². The van der Waals surface area contributed by atoms with Crippen molar-refractivity contribution in [2.75, 3.05) is 26.4 Å². The minimum absolute atomic E-state index is 0.801. The molecule has 94 heavy (non-hydrogen) atoms. The molecule has 4 aliphatic heterocycles. The van der Waals surface area contributed by atoms with Crippen LogP contribution in [0.3, 0.4) is 0 Å². The molecule has 22 atom stereocenters. The van der Waals surface area contributed by atoms with Gasteiger partial charge in [-0.3, -0.25) is 71.9 Å². The van der Waals surface area contributed by atoms with Crippen LogP contribution in [0.15, 0.2) is 0 Å². The van der Waals surface area contributed by atoms with E-state index >= 15 is 0 Å². The van der Waals surface area contributed by atoms with E-state index in [2.05, 4.69) is 0 Å². The van der Waals surface area contributed by atoms with Gasteiger partial charge in [-0.15, -0.1) is 0 Å². The van der Waals surface area contributed by atoms with Crippen LogP contribution in [0.5, 0.6) is 0 Å². The van der Waals surface area contributed by atoms with Gasteiger partial charge in [0.05, 0.1) is 0 Å². The number of aliphatic hydroxyl groups is 1. The Bertz CT molecular complexity index is 2760. The fourth-order valence-electron chi connectivity index (χ4n) is 10.1. The summed E-state index contributed by atoms with van der Waals surface area (Å²) in [5, 5.41) is 12.0. The summed E-state index contributed by atoms with van der Waals surface area (Å²) in [6.07, 6.45) is -47.2. The molecular weight excluding hydrogens is 1280 g/mol. The van der Waals surface area contributed by atoms with Gasteiger partial charge < -0.3 is 109 Å². The van der Waals surface area contributed by atoms with Crippen LogP contribution in [0.25, 0.3) is 0 Å². The Morgan fingerprint density at radius 3 is 0.915 bits per heavy atom. The van der Waals surface area contributed by atoms with Crippen LogP contribution in [0, 0.1) is 0 Å². The van der Waals surface area contributed by atoms with Gasteiger partial charge in [-0.05, 0) is 0 Å². The van der Waals surface area contributed by atoms with Crippen LogP contribution >= 0.6 is 0 Å². The Kier molecular flexibility index (Phi) is 29.8. The Hall–Kier alpha value is -8.27. The van der Waals surface area contributed by atoms with E-state index in [0.29, 0.717) is 0 Å². The quantitative estimate of drug-likeness (QED) is 0.0658. The number of carbonyl (C=O) groups excluding carboxylic acids is 15. The van der Waals surface area contributed by atoms with Crippen molar-refractivity contribution < 1.29 is 181 Å². The molecule has 0 bridgehead atoms. The number of hydrogen-bond acceptors (Lipinski definition) is 38. The van der Waals surface area contributed by atoms with E-state index in [0.717, 1.165) is 104 Å². The van der Waals surface area contributed by atoms with Crippen LogP contribution in [0.4, 0.5) is 0 Å². The van der Waals surface area contributed by atoms with E-state index in [-0.39, 0.29) is 0 Å². The Labute approximate surface area is 535 Å². The van der Waals surface area contributed by atoms with Crippen molar-refractivity contribution in [3.05, 3.63) is 0 Å². The molecule has 4 saturated heterocycles. The molecule has 38 nitrogen and oxygen atoms in total. The third-order valence-electron chi connectivity index (χ3n) is 13.0. The second-order valence-corrected chi connectivity index (χ2v) is 21.0. The van der Waals surface area contributed by atoms with Gasteiger partial charge in [-0.25, -0.2) is 0 Å². The Morgan fingerprint density at radius 2 is 0.553 bits per heavy atom. The lowest BCUT2D eigenvalue weighted by Crippen LogP contribution is -2.71. The van der Waals surface area contributed by atoms with Gasteiger partial charge in [0.25, 0.3) is 0 Å². The second kappa shape index (κ2) is 35.8. The first-order valence-electron chi connectivity index (χ1n) is 28.6. The van der Waals surface area contributed by atoms with Crippen LogP contribution in [-0.4, -0.2) is 256 Å². The van der Waals surface area contributed by atoms with E-state index < -0.39 is 251 Å². The fourth-order valence-corrected chi connectivity index (χ4v) is 10.1. The third-order valence-corrected chi connectivity index (χ3v) is 13.0. The maximum absolute atomic E-state index is 13.5. The number of hydrogen-bond donors (Lipinski definition) is 1. The topological polar surface area (TPSA) is 479 Å². The molecule has 0 aliphatic carbocycles. The lowest BCUT2D eigenvalue weighted by atomic mass is 9.92. The highest BCUT2D eigenvalue weighted by Gasteiger charge is 2.63. The molecular formula is C56H76O38. The SMILES string of the molecule is CC(=O)OC[C@H](OC(C)=O)[C@H]1O[C@H](O[C@H]2[C@H](O[C@@H]3O[C@H](COC(C)=O)[C@@H](O[C@@H]4O[C@H](COC(C)=O)[C@H](OC(C)=O)[C@H](OC(C)=O)[C@H]4OC(C)=O)[C@H](OC(C)=O)[C@H]3OC(C)=O)[C@@H]([C@H](COC(C)=O)OC(C)=O)O[C@H](O)[C@H]2OC(C)=O)[C@@H](OC(C)=O)[C@@H](OC(C)=O)[C@@H]1OC(C)=O. The predicted octanol–water partition coefficient (Wildman–Crippen LogP) is -2.46. The van der Waals surface area contributed by atoms with Crippen molar-refractivity contribution >= 4 is 89.5 Å². The first kappa shape index (κ1) is 78.2. The van der Waals surface area contributed by atoms with Gasteiger partial charge in [0.1, 0.15) is 69.2 Å². The maximum Gasteiger partial charge on any atom is 0.303 e. The van der Waals surface area contributed by atoms with Crippen LogP contribution in [0.1, 0.15) is 104 Å². The van der Waals surface area contributed by atoms with Gasteiger partial charge in [-0.1, -0.05) is 0 Å². The lowest BCUT2D eigenvalue weighted by Gasteiger charge is -2.52. The summed E-state index contributed by atoms with van der Waals surface area (Å²) in [5.74, 6) is -16.7. The van der Waals surface area contributed by atoms with Crippen molar-refractivity contribution in [3.8, 4) is 0 Å². The highest BCUT2D eigenvalue weighted by Crippen LogP contribution is 2.41. The van der Waals surface area contributed by atoms with Crippen LogP contribution in [-0.2, 0) is 176 Å². The molecule has 0 spiro atoms. The molecule has 0 aromatic heterocycles. The molecule has 528 valence electrons. The zero-order chi connectivity index (χ0) is 70.7. The van der Waals surface area contributed by atoms with Crippen molar-refractivity contribution in [2.24, 2.45) is 0 Å². The first-order chi connectivity index (χ1) is 43.9. The zero-order valence-corrected chi connectivity index (χ0v) is 53.6. The van der Waals surface area contributed by atoms with E-state index in [9.17, 15) is 77.0 Å². The zero-order valence-electron chi connectivity index (χ0n) is 53.6. The summed E-state index contributed by atoms with van der Waals surface area (Å²) in [7, 11) is 0. The minimum atomic E-state index is -2.52. The van der Waals surface area contributed by atoms with Gasteiger partial charge >= 0.3 is 89.5 Å². The standard InChI is InChI=1S/C56H76O38/c1-20(57)73-16-35(77-24(5)61)40-44(47(49(53(72)90-40)84-31(12)68)94-56-52(87-34(15)71)48(83-30(11)67)43(80-27(8)64)41(92-56)36(78-25(6)62)17-74-21(2)58)93-55-51(86-33(14)70)46(82-29(10)66)42(38(89-55)19-76-23(4)60)91-54-50(85-32(13)69)45(81-28(9)65)39(79-26(7)63)37(88-54)18-75-22(3)59/h35-56,72H,16-19H2,1-15H3/t35-,36-,37+,38+,39-,40+,41+,42+,43+,44+,45-,46-,47-,48-,49-,50+,51+,52-,53-,54-,55-,56+/m0/s1. The van der Waals surface area contributed by atoms with E-state index in [4.69, 9.17) is 104 Å². The van der Waals surface area contributed by atoms with E-state index in [1.165, 1.54) is 0 Å². The Balaban J connectivity index is 2.16.